The normalized spacial score (nSPS) is 12.0. The van der Waals surface area contributed by atoms with Crippen LogP contribution in [0.25, 0.3) is 20.1 Å². The minimum absolute atomic E-state index is 0.104. The van der Waals surface area contributed by atoms with E-state index in [9.17, 15) is 9.59 Å². The van der Waals surface area contributed by atoms with Gasteiger partial charge in [0, 0.05) is 20.1 Å². The van der Waals surface area contributed by atoms with Gasteiger partial charge >= 0.3 is 0 Å². The van der Waals surface area contributed by atoms with Crippen LogP contribution in [0.3, 0.4) is 0 Å². The van der Waals surface area contributed by atoms with E-state index in [1.165, 1.54) is 33.4 Å². The topological polar surface area (TPSA) is 34.1 Å². The molecule has 0 aliphatic carbocycles. The molecule has 44 heavy (non-hydrogen) atoms. The number of halogens is 2. The zero-order chi connectivity index (χ0) is 31.9. The molecule has 0 fully saturated rings. The zero-order valence-electron chi connectivity index (χ0n) is 26.2. The number of hydrogen-bond acceptors (Lipinski definition) is 2. The van der Waals surface area contributed by atoms with Gasteiger partial charge in [0.1, 0.15) is 0 Å². The van der Waals surface area contributed by atoms with Crippen molar-refractivity contribution in [1.29, 1.82) is 0 Å². The second kappa shape index (κ2) is 18.5. The van der Waals surface area contributed by atoms with E-state index in [0.717, 1.165) is 58.6 Å². The Morgan fingerprint density at radius 2 is 0.750 bits per heavy atom. The summed E-state index contributed by atoms with van der Waals surface area (Å²) in [6.07, 6.45) is 6.64. The van der Waals surface area contributed by atoms with Gasteiger partial charge in [-0.05, 0) is 105 Å². The van der Waals surface area contributed by atoms with Gasteiger partial charge in [0.2, 0.25) is 0 Å². The Balaban J connectivity index is 0.000000240. The molecular weight excluding hydrogens is 672 g/mol. The van der Waals surface area contributed by atoms with Crippen LogP contribution in [0.5, 0.6) is 0 Å². The quantitative estimate of drug-likeness (QED) is 0.108. The number of allylic oxidation sites excluding steroid dienone is 2. The summed E-state index contributed by atoms with van der Waals surface area (Å²) in [5.74, 6) is 0.209. The Hall–Kier alpha value is -3.34. The molecule has 4 aromatic carbocycles. The standard InChI is InChI=1S/2C20H21BrO/c2*1-3-4-10-19(20(21)18-8-6-5-7-9-18)17-13-11-16(12-14-17)15(2)22/h2*5-9,11-14H,3-4,10H2,1-2H3/b2*20-19+. The Labute approximate surface area is 280 Å². The third-order valence-electron chi connectivity index (χ3n) is 7.42. The van der Waals surface area contributed by atoms with E-state index >= 15 is 0 Å². The summed E-state index contributed by atoms with van der Waals surface area (Å²) in [5, 5.41) is 0. The molecule has 0 saturated carbocycles. The predicted molar refractivity (Wildman–Crippen MR) is 196 cm³/mol. The number of hydrogen-bond donors (Lipinski definition) is 0. The van der Waals surface area contributed by atoms with Crippen LogP contribution < -0.4 is 0 Å². The molecule has 4 rings (SSSR count). The average molecular weight is 715 g/mol. The highest BCUT2D eigenvalue weighted by Crippen LogP contribution is 2.36. The van der Waals surface area contributed by atoms with Gasteiger partial charge in [0.25, 0.3) is 0 Å². The first kappa shape index (κ1) is 35.1. The molecule has 2 nitrogen and oxygen atoms in total. The lowest BCUT2D eigenvalue weighted by Gasteiger charge is -2.12. The molecule has 4 heteroatoms. The maximum atomic E-state index is 11.4. The SMILES string of the molecule is CCCC/C(=C(\Br)c1ccccc1)c1ccc(C(C)=O)cc1.CCCC/C(=C(\Br)c1ccccc1)c1ccc(C(C)=O)cc1. The lowest BCUT2D eigenvalue weighted by Crippen LogP contribution is -1.94. The maximum Gasteiger partial charge on any atom is 0.159 e. The Bertz CT molecular complexity index is 1430. The van der Waals surface area contributed by atoms with E-state index in [4.69, 9.17) is 0 Å². The van der Waals surface area contributed by atoms with Crippen molar-refractivity contribution in [3.8, 4) is 0 Å². The van der Waals surface area contributed by atoms with Crippen molar-refractivity contribution in [3.63, 3.8) is 0 Å². The summed E-state index contributed by atoms with van der Waals surface area (Å²) in [5.41, 5.74) is 8.83. The van der Waals surface area contributed by atoms with Gasteiger partial charge in [-0.25, -0.2) is 0 Å². The summed E-state index contributed by atoms with van der Waals surface area (Å²) in [7, 11) is 0. The van der Waals surface area contributed by atoms with Crippen molar-refractivity contribution in [3.05, 3.63) is 143 Å². The molecule has 228 valence electrons. The largest absolute Gasteiger partial charge is 0.295 e. The van der Waals surface area contributed by atoms with Gasteiger partial charge in [-0.3, -0.25) is 9.59 Å². The smallest absolute Gasteiger partial charge is 0.159 e. The van der Waals surface area contributed by atoms with E-state index in [-0.39, 0.29) is 11.6 Å². The van der Waals surface area contributed by atoms with Crippen molar-refractivity contribution in [2.45, 2.75) is 66.2 Å². The first-order valence-electron chi connectivity index (χ1n) is 15.4. The summed E-state index contributed by atoms with van der Waals surface area (Å²) in [4.78, 5) is 22.9. The van der Waals surface area contributed by atoms with Crippen molar-refractivity contribution >= 4 is 63.5 Å². The molecule has 0 radical (unpaired) electrons. The van der Waals surface area contributed by atoms with Gasteiger partial charge in [-0.15, -0.1) is 0 Å². The molecule has 0 unspecified atom stereocenters. The predicted octanol–water partition coefficient (Wildman–Crippen LogP) is 12.7. The lowest BCUT2D eigenvalue weighted by molar-refractivity contribution is 0.100. The van der Waals surface area contributed by atoms with E-state index < -0.39 is 0 Å². The number of benzene rings is 4. The minimum atomic E-state index is 0.104. The second-order valence-electron chi connectivity index (χ2n) is 10.8. The Morgan fingerprint density at radius 1 is 0.455 bits per heavy atom. The first-order valence-corrected chi connectivity index (χ1v) is 17.0. The molecule has 0 atom stereocenters. The van der Waals surface area contributed by atoms with Gasteiger partial charge in [-0.2, -0.15) is 0 Å². The van der Waals surface area contributed by atoms with Crippen LogP contribution in [0.15, 0.2) is 109 Å². The number of carbonyl (C=O) groups excluding carboxylic acids is 2. The number of unbranched alkanes of at least 4 members (excludes halogenated alkanes) is 2. The summed E-state index contributed by atoms with van der Waals surface area (Å²) in [6, 6.07) is 36.5. The monoisotopic (exact) mass is 712 g/mol. The molecule has 0 N–H and O–H groups in total. The van der Waals surface area contributed by atoms with E-state index in [0.29, 0.717) is 0 Å². The fourth-order valence-electron chi connectivity index (χ4n) is 4.80. The highest BCUT2D eigenvalue weighted by molar-refractivity contribution is 9.15. The third kappa shape index (κ3) is 10.4. The Kier molecular flexibility index (Phi) is 14.7. The second-order valence-corrected chi connectivity index (χ2v) is 12.4. The lowest BCUT2D eigenvalue weighted by atomic mass is 9.96. The van der Waals surface area contributed by atoms with Crippen LogP contribution in [-0.2, 0) is 0 Å². The van der Waals surface area contributed by atoms with E-state index in [1.54, 1.807) is 13.8 Å². The van der Waals surface area contributed by atoms with Crippen LogP contribution in [0.4, 0.5) is 0 Å². The first-order chi connectivity index (χ1) is 21.3. The van der Waals surface area contributed by atoms with Crippen LogP contribution in [-0.4, -0.2) is 11.6 Å². The van der Waals surface area contributed by atoms with Gasteiger partial charge < -0.3 is 0 Å². The van der Waals surface area contributed by atoms with Crippen molar-refractivity contribution < 1.29 is 9.59 Å². The highest BCUT2D eigenvalue weighted by Gasteiger charge is 2.11. The minimum Gasteiger partial charge on any atom is -0.295 e. The summed E-state index contributed by atoms with van der Waals surface area (Å²) >= 11 is 7.56. The maximum absolute atomic E-state index is 11.4. The van der Waals surface area contributed by atoms with Crippen molar-refractivity contribution in [2.24, 2.45) is 0 Å². The molecule has 0 amide bonds. The average Bonchev–Trinajstić information content (AvgIpc) is 3.06. The zero-order valence-corrected chi connectivity index (χ0v) is 29.4. The fraction of sp³-hybridized carbons (Fsp3) is 0.250. The Morgan fingerprint density at radius 3 is 1.02 bits per heavy atom. The van der Waals surface area contributed by atoms with E-state index in [1.807, 2.05) is 84.9 Å². The fourth-order valence-corrected chi connectivity index (χ4v) is 6.18. The molecule has 4 aromatic rings. The number of rotatable bonds is 12. The molecule has 0 aliphatic heterocycles. The number of Topliss-reactive ketones (excluding diaryl/α,β-unsaturated/α-hetero) is 2. The molecule has 0 spiro atoms. The van der Waals surface area contributed by atoms with Crippen LogP contribution in [0.2, 0.25) is 0 Å². The van der Waals surface area contributed by atoms with Crippen molar-refractivity contribution in [1.82, 2.24) is 0 Å². The molecule has 0 saturated heterocycles. The molecule has 0 aromatic heterocycles. The van der Waals surface area contributed by atoms with Gasteiger partial charge in [0.15, 0.2) is 11.6 Å². The molecule has 0 aliphatic rings. The molecule has 0 heterocycles. The summed E-state index contributed by atoms with van der Waals surface area (Å²) < 4.78 is 2.27. The molecule has 0 bridgehead atoms. The third-order valence-corrected chi connectivity index (χ3v) is 9.30. The van der Waals surface area contributed by atoms with E-state index in [2.05, 4.69) is 70.0 Å². The van der Waals surface area contributed by atoms with Crippen LogP contribution in [0, 0.1) is 0 Å². The summed E-state index contributed by atoms with van der Waals surface area (Å²) in [6.45, 7) is 7.60. The molecular formula is C40H42Br2O2. The highest BCUT2D eigenvalue weighted by atomic mass is 79.9. The van der Waals surface area contributed by atoms with Crippen LogP contribution in [0.1, 0.15) is 109 Å². The van der Waals surface area contributed by atoms with Crippen LogP contribution >= 0.6 is 31.9 Å². The number of ketones is 2. The number of carbonyl (C=O) groups is 2. The van der Waals surface area contributed by atoms with Gasteiger partial charge in [0.05, 0.1) is 0 Å². The van der Waals surface area contributed by atoms with Gasteiger partial charge in [-0.1, -0.05) is 136 Å². The van der Waals surface area contributed by atoms with Crippen molar-refractivity contribution in [2.75, 3.05) is 0 Å².